The maximum absolute atomic E-state index is 12.4. The molecule has 1 aromatic heterocycles. The third-order valence-corrected chi connectivity index (χ3v) is 3.89. The summed E-state index contributed by atoms with van der Waals surface area (Å²) in [7, 11) is 0. The lowest BCUT2D eigenvalue weighted by Crippen LogP contribution is -2.30. The van der Waals surface area contributed by atoms with Crippen LogP contribution in [0.5, 0.6) is 0 Å². The Bertz CT molecular complexity index is 577. The number of alkyl halides is 3. The van der Waals surface area contributed by atoms with Crippen LogP contribution in [-0.4, -0.2) is 11.7 Å². The first-order chi connectivity index (χ1) is 9.95. The van der Waals surface area contributed by atoms with Gasteiger partial charge in [-0.2, -0.15) is 13.2 Å². The van der Waals surface area contributed by atoms with E-state index in [2.05, 4.69) is 10.6 Å². The van der Waals surface area contributed by atoms with E-state index in [0.29, 0.717) is 17.3 Å². The van der Waals surface area contributed by atoms with E-state index in [-0.39, 0.29) is 0 Å². The standard InChI is InChI=1S/C14H13F3N2S2/c15-14(16,17)10-3-5-11(6-4-10)19-13(20)18-8-7-12-2-1-9-21-12/h1-6,9H,7-8H2,(H2,18,19,20). The smallest absolute Gasteiger partial charge is 0.362 e. The number of anilines is 1. The second-order valence-electron chi connectivity index (χ2n) is 4.29. The number of hydrogen-bond acceptors (Lipinski definition) is 2. The van der Waals surface area contributed by atoms with Crippen LogP contribution in [0, 0.1) is 0 Å². The molecule has 0 fully saturated rings. The van der Waals surface area contributed by atoms with Crippen molar-refractivity contribution in [2.45, 2.75) is 12.6 Å². The molecule has 1 aromatic carbocycles. The molecule has 0 radical (unpaired) electrons. The van der Waals surface area contributed by atoms with Crippen LogP contribution in [0.25, 0.3) is 0 Å². The van der Waals surface area contributed by atoms with E-state index in [1.54, 1.807) is 11.3 Å². The Hall–Kier alpha value is -1.60. The zero-order chi connectivity index (χ0) is 15.3. The molecule has 112 valence electrons. The number of hydrogen-bond donors (Lipinski definition) is 2. The van der Waals surface area contributed by atoms with Gasteiger partial charge in [0.05, 0.1) is 5.56 Å². The molecular weight excluding hydrogens is 317 g/mol. The first kappa shape index (κ1) is 15.8. The van der Waals surface area contributed by atoms with Gasteiger partial charge in [0.1, 0.15) is 0 Å². The van der Waals surface area contributed by atoms with Crippen molar-refractivity contribution in [1.82, 2.24) is 5.32 Å². The van der Waals surface area contributed by atoms with Gasteiger partial charge in [0.25, 0.3) is 0 Å². The SMILES string of the molecule is FC(F)(F)c1ccc(NC(=S)NCCc2cccs2)cc1. The molecule has 0 aliphatic carbocycles. The third kappa shape index (κ3) is 5.02. The van der Waals surface area contributed by atoms with E-state index in [4.69, 9.17) is 12.2 Å². The van der Waals surface area contributed by atoms with Gasteiger partial charge in [-0.1, -0.05) is 6.07 Å². The van der Waals surface area contributed by atoms with Crippen molar-refractivity contribution < 1.29 is 13.2 Å². The van der Waals surface area contributed by atoms with Crippen LogP contribution < -0.4 is 10.6 Å². The molecular formula is C14H13F3N2S2. The van der Waals surface area contributed by atoms with Crippen LogP contribution in [0.3, 0.4) is 0 Å². The molecule has 0 spiro atoms. The van der Waals surface area contributed by atoms with Crippen molar-refractivity contribution in [3.05, 3.63) is 52.2 Å². The van der Waals surface area contributed by atoms with Gasteiger partial charge in [0, 0.05) is 17.1 Å². The zero-order valence-electron chi connectivity index (χ0n) is 10.9. The van der Waals surface area contributed by atoms with Gasteiger partial charge in [0.15, 0.2) is 5.11 Å². The fraction of sp³-hybridized carbons (Fsp3) is 0.214. The lowest BCUT2D eigenvalue weighted by atomic mass is 10.2. The Morgan fingerprint density at radius 1 is 1.14 bits per heavy atom. The zero-order valence-corrected chi connectivity index (χ0v) is 12.5. The molecule has 2 N–H and O–H groups in total. The summed E-state index contributed by atoms with van der Waals surface area (Å²) < 4.78 is 37.3. The lowest BCUT2D eigenvalue weighted by molar-refractivity contribution is -0.137. The summed E-state index contributed by atoms with van der Waals surface area (Å²) in [6.07, 6.45) is -3.47. The Morgan fingerprint density at radius 3 is 2.43 bits per heavy atom. The predicted octanol–water partition coefficient (Wildman–Crippen LogP) is 4.30. The number of nitrogens with one attached hydrogen (secondary N) is 2. The Labute approximate surface area is 130 Å². The Morgan fingerprint density at radius 2 is 1.86 bits per heavy atom. The van der Waals surface area contributed by atoms with Gasteiger partial charge >= 0.3 is 6.18 Å². The number of thiophene rings is 1. The van der Waals surface area contributed by atoms with Gasteiger partial charge in [0.2, 0.25) is 0 Å². The highest BCUT2D eigenvalue weighted by Gasteiger charge is 2.29. The average Bonchev–Trinajstić information content (AvgIpc) is 2.91. The van der Waals surface area contributed by atoms with Crippen LogP contribution in [0.1, 0.15) is 10.4 Å². The van der Waals surface area contributed by atoms with Crippen LogP contribution >= 0.6 is 23.6 Å². The van der Waals surface area contributed by atoms with Crippen LogP contribution in [-0.2, 0) is 12.6 Å². The summed E-state index contributed by atoms with van der Waals surface area (Å²) in [5, 5.41) is 8.28. The van der Waals surface area contributed by atoms with Crippen molar-refractivity contribution in [3.63, 3.8) is 0 Å². The molecule has 0 bridgehead atoms. The highest BCUT2D eigenvalue weighted by molar-refractivity contribution is 7.80. The van der Waals surface area contributed by atoms with E-state index >= 15 is 0 Å². The molecule has 0 saturated carbocycles. The fourth-order valence-corrected chi connectivity index (χ4v) is 2.60. The predicted molar refractivity (Wildman–Crippen MR) is 83.7 cm³/mol. The first-order valence-electron chi connectivity index (χ1n) is 6.19. The van der Waals surface area contributed by atoms with Crippen molar-refractivity contribution >= 4 is 34.4 Å². The monoisotopic (exact) mass is 330 g/mol. The van der Waals surface area contributed by atoms with Crippen LogP contribution in [0.4, 0.5) is 18.9 Å². The molecule has 0 atom stereocenters. The molecule has 1 heterocycles. The fourth-order valence-electron chi connectivity index (χ4n) is 1.67. The summed E-state index contributed by atoms with van der Waals surface area (Å²) in [6.45, 7) is 0.674. The summed E-state index contributed by atoms with van der Waals surface area (Å²) in [4.78, 5) is 1.25. The van der Waals surface area contributed by atoms with Gasteiger partial charge < -0.3 is 10.6 Å². The quantitative estimate of drug-likeness (QED) is 0.818. The minimum atomic E-state index is -4.32. The summed E-state index contributed by atoms with van der Waals surface area (Å²) >= 11 is 6.77. The van der Waals surface area contributed by atoms with Crippen molar-refractivity contribution in [1.29, 1.82) is 0 Å². The maximum Gasteiger partial charge on any atom is 0.416 e. The molecule has 7 heteroatoms. The number of rotatable bonds is 4. The molecule has 0 aliphatic rings. The molecule has 0 unspecified atom stereocenters. The van der Waals surface area contributed by atoms with Gasteiger partial charge in [-0.05, 0) is 54.4 Å². The van der Waals surface area contributed by atoms with E-state index in [9.17, 15) is 13.2 Å². The third-order valence-electron chi connectivity index (χ3n) is 2.71. The van der Waals surface area contributed by atoms with E-state index in [1.165, 1.54) is 17.0 Å². The molecule has 2 nitrogen and oxygen atoms in total. The molecule has 21 heavy (non-hydrogen) atoms. The topological polar surface area (TPSA) is 24.1 Å². The molecule has 0 saturated heterocycles. The Balaban J connectivity index is 1.79. The molecule has 0 amide bonds. The van der Waals surface area contributed by atoms with E-state index < -0.39 is 11.7 Å². The van der Waals surface area contributed by atoms with Crippen molar-refractivity contribution in [2.75, 3.05) is 11.9 Å². The molecule has 2 rings (SSSR count). The summed E-state index contributed by atoms with van der Waals surface area (Å²) in [6, 6.07) is 8.79. The van der Waals surface area contributed by atoms with E-state index in [0.717, 1.165) is 18.6 Å². The van der Waals surface area contributed by atoms with Gasteiger partial charge in [-0.15, -0.1) is 11.3 Å². The Kier molecular flexibility index (Phi) is 5.19. The molecule has 0 aliphatic heterocycles. The lowest BCUT2D eigenvalue weighted by Gasteiger charge is -2.11. The maximum atomic E-state index is 12.4. The first-order valence-corrected chi connectivity index (χ1v) is 7.48. The van der Waals surface area contributed by atoms with Crippen molar-refractivity contribution in [3.8, 4) is 0 Å². The second-order valence-corrected chi connectivity index (χ2v) is 5.73. The highest BCUT2D eigenvalue weighted by atomic mass is 32.1. The largest absolute Gasteiger partial charge is 0.416 e. The van der Waals surface area contributed by atoms with Gasteiger partial charge in [-0.3, -0.25) is 0 Å². The molecule has 2 aromatic rings. The van der Waals surface area contributed by atoms with E-state index in [1.807, 2.05) is 17.5 Å². The minimum Gasteiger partial charge on any atom is -0.362 e. The number of thiocarbonyl (C=S) groups is 1. The second kappa shape index (κ2) is 6.91. The summed E-state index contributed by atoms with van der Waals surface area (Å²) in [5.74, 6) is 0. The minimum absolute atomic E-state index is 0.395. The van der Waals surface area contributed by atoms with Crippen LogP contribution in [0.15, 0.2) is 41.8 Å². The number of halogens is 3. The highest BCUT2D eigenvalue weighted by Crippen LogP contribution is 2.29. The van der Waals surface area contributed by atoms with Gasteiger partial charge in [-0.25, -0.2) is 0 Å². The number of benzene rings is 1. The van der Waals surface area contributed by atoms with Crippen molar-refractivity contribution in [2.24, 2.45) is 0 Å². The van der Waals surface area contributed by atoms with Crippen LogP contribution in [0.2, 0.25) is 0 Å². The normalized spacial score (nSPS) is 11.2. The average molecular weight is 330 g/mol. The summed E-state index contributed by atoms with van der Waals surface area (Å²) in [5.41, 5.74) is -0.152.